The lowest BCUT2D eigenvalue weighted by atomic mass is 10.2. The van der Waals surface area contributed by atoms with Crippen LogP contribution >= 0.6 is 11.6 Å². The highest BCUT2D eigenvalue weighted by atomic mass is 35.5. The average molecular weight is 331 g/mol. The van der Waals surface area contributed by atoms with Crippen molar-refractivity contribution in [1.82, 2.24) is 5.32 Å². The van der Waals surface area contributed by atoms with Crippen molar-refractivity contribution in [2.24, 2.45) is 5.73 Å². The zero-order valence-electron chi connectivity index (χ0n) is 12.0. The molecule has 22 heavy (non-hydrogen) atoms. The second kappa shape index (κ2) is 8.08. The van der Waals surface area contributed by atoms with Crippen molar-refractivity contribution in [3.05, 3.63) is 22.7 Å². The van der Waals surface area contributed by atoms with Crippen LogP contribution in [0.1, 0.15) is 17.3 Å². The number of esters is 1. The Balaban J connectivity index is 2.83. The number of halogens is 1. The van der Waals surface area contributed by atoms with Crippen LogP contribution in [-0.4, -0.2) is 38.2 Å². The summed E-state index contributed by atoms with van der Waals surface area (Å²) in [6, 6.07) is 1.65. The summed E-state index contributed by atoms with van der Waals surface area (Å²) < 4.78 is 15.1. The smallest absolute Gasteiger partial charge is 0.338 e. The molecular formula is C13H15ClN2O6. The third-order valence-electron chi connectivity index (χ3n) is 2.35. The van der Waals surface area contributed by atoms with Gasteiger partial charge in [0.2, 0.25) is 0 Å². The van der Waals surface area contributed by atoms with Gasteiger partial charge in [-0.05, 0) is 19.1 Å². The van der Waals surface area contributed by atoms with Crippen molar-refractivity contribution in [2.45, 2.75) is 6.92 Å². The van der Waals surface area contributed by atoms with Crippen LogP contribution in [0.25, 0.3) is 0 Å². The maximum absolute atomic E-state index is 11.9. The summed E-state index contributed by atoms with van der Waals surface area (Å²) in [4.78, 5) is 33.5. The van der Waals surface area contributed by atoms with Crippen molar-refractivity contribution >= 4 is 29.5 Å². The van der Waals surface area contributed by atoms with Gasteiger partial charge in [0, 0.05) is 0 Å². The normalized spacial score (nSPS) is 9.77. The number of ether oxygens (including phenoxy) is 3. The molecule has 1 aromatic rings. The number of hydrogen-bond acceptors (Lipinski definition) is 6. The minimum absolute atomic E-state index is 0.0668. The van der Waals surface area contributed by atoms with E-state index >= 15 is 0 Å². The summed E-state index contributed by atoms with van der Waals surface area (Å²) in [7, 11) is 1.39. The van der Waals surface area contributed by atoms with E-state index < -0.39 is 24.5 Å². The second-order valence-electron chi connectivity index (χ2n) is 3.91. The third-order valence-corrected chi connectivity index (χ3v) is 2.63. The molecule has 1 rings (SSSR count). The van der Waals surface area contributed by atoms with E-state index in [0.717, 1.165) is 0 Å². The number of rotatable bonds is 6. The summed E-state index contributed by atoms with van der Waals surface area (Å²) in [5.41, 5.74) is 4.82. The fraction of sp³-hybridized carbons (Fsp3) is 0.308. The van der Waals surface area contributed by atoms with Crippen LogP contribution in [0.4, 0.5) is 4.79 Å². The van der Waals surface area contributed by atoms with E-state index in [4.69, 9.17) is 31.5 Å². The van der Waals surface area contributed by atoms with Crippen LogP contribution < -0.4 is 20.5 Å². The minimum atomic E-state index is -1.04. The number of urea groups is 1. The molecule has 3 N–H and O–H groups in total. The van der Waals surface area contributed by atoms with Gasteiger partial charge in [-0.2, -0.15) is 0 Å². The highest BCUT2D eigenvalue weighted by Gasteiger charge is 2.17. The van der Waals surface area contributed by atoms with E-state index in [1.54, 1.807) is 12.2 Å². The lowest BCUT2D eigenvalue weighted by Gasteiger charge is -2.12. The average Bonchev–Trinajstić information content (AvgIpc) is 2.46. The molecule has 0 fully saturated rings. The predicted octanol–water partition coefficient (Wildman–Crippen LogP) is 1.10. The Morgan fingerprint density at radius 3 is 2.55 bits per heavy atom. The standard InChI is InChI=1S/C13H15ClN2O6/c1-3-21-11-8(14)4-7(5-9(11)20-2)12(18)22-6-10(17)16-13(15)19/h4-5H,3,6H2,1-2H3,(H3,15,16,17,19). The van der Waals surface area contributed by atoms with Crippen LogP contribution in [0, 0.1) is 0 Å². The van der Waals surface area contributed by atoms with Gasteiger partial charge in [0.1, 0.15) is 0 Å². The van der Waals surface area contributed by atoms with Crippen molar-refractivity contribution in [1.29, 1.82) is 0 Å². The molecule has 0 heterocycles. The fourth-order valence-corrected chi connectivity index (χ4v) is 1.78. The highest BCUT2D eigenvalue weighted by molar-refractivity contribution is 6.32. The SMILES string of the molecule is CCOc1c(Cl)cc(C(=O)OCC(=O)NC(N)=O)cc1OC. The van der Waals surface area contributed by atoms with Gasteiger partial charge in [-0.25, -0.2) is 9.59 Å². The fourth-order valence-electron chi connectivity index (χ4n) is 1.51. The van der Waals surface area contributed by atoms with Crippen LogP contribution in [0.15, 0.2) is 12.1 Å². The number of carbonyl (C=O) groups excluding carboxylic acids is 3. The first-order valence-electron chi connectivity index (χ1n) is 6.15. The number of nitrogens with two attached hydrogens (primary N) is 1. The molecule has 1 aromatic carbocycles. The van der Waals surface area contributed by atoms with Crippen LogP contribution in [0.3, 0.4) is 0 Å². The zero-order chi connectivity index (χ0) is 16.7. The molecule has 0 unspecified atom stereocenters. The monoisotopic (exact) mass is 330 g/mol. The zero-order valence-corrected chi connectivity index (χ0v) is 12.7. The van der Waals surface area contributed by atoms with Crippen LogP contribution in [0.2, 0.25) is 5.02 Å². The summed E-state index contributed by atoms with van der Waals surface area (Å²) in [5, 5.41) is 1.92. The number of benzene rings is 1. The molecule has 0 aliphatic heterocycles. The molecule has 0 saturated heterocycles. The highest BCUT2D eigenvalue weighted by Crippen LogP contribution is 2.36. The van der Waals surface area contributed by atoms with E-state index in [1.165, 1.54) is 19.2 Å². The Labute approximate surface area is 131 Å². The molecule has 0 aliphatic carbocycles. The molecule has 0 bridgehead atoms. The van der Waals surface area contributed by atoms with Gasteiger partial charge < -0.3 is 19.9 Å². The number of primary amides is 1. The molecule has 3 amide bonds. The Morgan fingerprint density at radius 1 is 1.32 bits per heavy atom. The number of nitrogens with one attached hydrogen (secondary N) is 1. The maximum Gasteiger partial charge on any atom is 0.338 e. The molecule has 0 aliphatic rings. The molecule has 0 aromatic heterocycles. The summed E-state index contributed by atoms with van der Waals surface area (Å²) >= 11 is 6.01. The van der Waals surface area contributed by atoms with E-state index in [0.29, 0.717) is 12.4 Å². The molecule has 0 saturated carbocycles. The van der Waals surface area contributed by atoms with Crippen LogP contribution in [0.5, 0.6) is 11.5 Å². The molecule has 8 nitrogen and oxygen atoms in total. The van der Waals surface area contributed by atoms with E-state index in [9.17, 15) is 14.4 Å². The van der Waals surface area contributed by atoms with Crippen molar-refractivity contribution < 1.29 is 28.6 Å². The maximum atomic E-state index is 11.9. The Bertz CT molecular complexity index is 590. The molecule has 0 spiro atoms. The van der Waals surface area contributed by atoms with E-state index in [1.807, 2.05) is 0 Å². The molecule has 120 valence electrons. The van der Waals surface area contributed by atoms with Gasteiger partial charge in [-0.3, -0.25) is 10.1 Å². The lowest BCUT2D eigenvalue weighted by molar-refractivity contribution is -0.123. The Morgan fingerprint density at radius 2 is 2.00 bits per heavy atom. The largest absolute Gasteiger partial charge is 0.493 e. The first-order chi connectivity index (χ1) is 10.4. The molecule has 0 atom stereocenters. The van der Waals surface area contributed by atoms with Gasteiger partial charge in [0.05, 0.1) is 24.3 Å². The molecule has 0 radical (unpaired) electrons. The lowest BCUT2D eigenvalue weighted by Crippen LogP contribution is -2.37. The minimum Gasteiger partial charge on any atom is -0.493 e. The molecular weight excluding hydrogens is 316 g/mol. The quantitative estimate of drug-likeness (QED) is 0.754. The van der Waals surface area contributed by atoms with Gasteiger partial charge >= 0.3 is 12.0 Å². The Hall–Kier alpha value is -2.48. The number of methoxy groups -OCH3 is 1. The van der Waals surface area contributed by atoms with Crippen LogP contribution in [-0.2, 0) is 9.53 Å². The van der Waals surface area contributed by atoms with Crippen molar-refractivity contribution in [2.75, 3.05) is 20.3 Å². The second-order valence-corrected chi connectivity index (χ2v) is 4.32. The van der Waals surface area contributed by atoms with Gasteiger partial charge in [0.15, 0.2) is 18.1 Å². The van der Waals surface area contributed by atoms with E-state index in [-0.39, 0.29) is 16.3 Å². The Kier molecular flexibility index (Phi) is 6.46. The summed E-state index contributed by atoms with van der Waals surface area (Å²) in [5.74, 6) is -1.11. The number of amides is 3. The topological polar surface area (TPSA) is 117 Å². The number of carbonyl (C=O) groups is 3. The van der Waals surface area contributed by atoms with Gasteiger partial charge in [-0.15, -0.1) is 0 Å². The van der Waals surface area contributed by atoms with E-state index in [2.05, 4.69) is 0 Å². The van der Waals surface area contributed by atoms with Crippen molar-refractivity contribution in [3.63, 3.8) is 0 Å². The van der Waals surface area contributed by atoms with Gasteiger partial charge in [0.25, 0.3) is 5.91 Å². The summed E-state index contributed by atoms with van der Waals surface area (Å²) in [6.45, 7) is 1.48. The number of hydrogen-bond donors (Lipinski definition) is 2. The third kappa shape index (κ3) is 4.81. The first kappa shape index (κ1) is 17.6. The van der Waals surface area contributed by atoms with Crippen molar-refractivity contribution in [3.8, 4) is 11.5 Å². The predicted molar refractivity (Wildman–Crippen MR) is 77.2 cm³/mol. The molecule has 9 heteroatoms. The summed E-state index contributed by atoms with van der Waals surface area (Å²) in [6.07, 6.45) is 0. The number of imide groups is 1. The van der Waals surface area contributed by atoms with Gasteiger partial charge in [-0.1, -0.05) is 11.6 Å². The first-order valence-corrected chi connectivity index (χ1v) is 6.53.